The number of aromatic nitrogens is 4. The minimum Gasteiger partial charge on any atom is -0.449 e. The van der Waals surface area contributed by atoms with Gasteiger partial charge in [0.15, 0.2) is 11.9 Å². The molecule has 0 spiro atoms. The van der Waals surface area contributed by atoms with E-state index in [0.29, 0.717) is 17.9 Å². The zero-order valence-corrected chi connectivity index (χ0v) is 14.2. The van der Waals surface area contributed by atoms with Gasteiger partial charge in [-0.05, 0) is 31.5 Å². The molecule has 0 aliphatic heterocycles. The van der Waals surface area contributed by atoms with Gasteiger partial charge in [-0.25, -0.2) is 14.5 Å². The van der Waals surface area contributed by atoms with Crippen LogP contribution < -0.4 is 5.32 Å². The van der Waals surface area contributed by atoms with Gasteiger partial charge in [0, 0.05) is 6.07 Å². The molecule has 2 heterocycles. The lowest BCUT2D eigenvalue weighted by Gasteiger charge is -2.12. The van der Waals surface area contributed by atoms with Gasteiger partial charge in [-0.2, -0.15) is 5.10 Å². The van der Waals surface area contributed by atoms with E-state index >= 15 is 0 Å². The maximum absolute atomic E-state index is 12.2. The first-order chi connectivity index (χ1) is 12.5. The second-order valence-corrected chi connectivity index (χ2v) is 5.65. The maximum Gasteiger partial charge on any atom is 0.338 e. The number of nitrogens with one attached hydrogen (secondary N) is 1. The number of hydrogen-bond donors (Lipinski definition) is 1. The quantitative estimate of drug-likeness (QED) is 0.671. The Bertz CT molecular complexity index is 886. The largest absolute Gasteiger partial charge is 0.449 e. The average Bonchev–Trinajstić information content (AvgIpc) is 3.27. The highest BCUT2D eigenvalue weighted by molar-refractivity contribution is 5.96. The van der Waals surface area contributed by atoms with Gasteiger partial charge in [-0.1, -0.05) is 17.3 Å². The number of rotatable bonds is 6. The minimum atomic E-state index is -0.977. The van der Waals surface area contributed by atoms with Crippen molar-refractivity contribution in [1.29, 1.82) is 0 Å². The van der Waals surface area contributed by atoms with Crippen molar-refractivity contribution in [2.45, 2.75) is 26.5 Å². The van der Waals surface area contributed by atoms with Crippen molar-refractivity contribution >= 4 is 17.7 Å². The van der Waals surface area contributed by atoms with Crippen LogP contribution in [0.4, 0.5) is 5.82 Å². The Labute approximate surface area is 149 Å². The van der Waals surface area contributed by atoms with E-state index in [9.17, 15) is 9.59 Å². The Morgan fingerprint density at radius 3 is 2.69 bits per heavy atom. The molecule has 0 radical (unpaired) electrons. The number of nitrogens with zero attached hydrogens (tertiary/aromatic N) is 4. The second-order valence-electron chi connectivity index (χ2n) is 5.65. The van der Waals surface area contributed by atoms with Gasteiger partial charge >= 0.3 is 5.97 Å². The van der Waals surface area contributed by atoms with Gasteiger partial charge in [-0.15, -0.1) is 0 Å². The molecule has 0 aliphatic rings. The van der Waals surface area contributed by atoms with E-state index in [4.69, 9.17) is 9.26 Å². The summed E-state index contributed by atoms with van der Waals surface area (Å²) in [5.74, 6) is -0.241. The first-order valence-corrected chi connectivity index (χ1v) is 7.88. The summed E-state index contributed by atoms with van der Waals surface area (Å²) in [6, 6.07) is 8.43. The summed E-state index contributed by atoms with van der Waals surface area (Å²) in [7, 11) is 0. The number of aryl methyl sites for hydroxylation is 1. The lowest BCUT2D eigenvalue weighted by Crippen LogP contribution is -2.30. The molecule has 0 saturated heterocycles. The zero-order valence-electron chi connectivity index (χ0n) is 14.2. The fourth-order valence-corrected chi connectivity index (χ4v) is 2.18. The lowest BCUT2D eigenvalue weighted by molar-refractivity contribution is -0.123. The molecule has 3 rings (SSSR count). The predicted molar refractivity (Wildman–Crippen MR) is 90.3 cm³/mol. The van der Waals surface area contributed by atoms with Crippen LogP contribution in [-0.4, -0.2) is 37.9 Å². The van der Waals surface area contributed by atoms with Crippen molar-refractivity contribution in [3.05, 3.63) is 59.9 Å². The molecular weight excluding hydrogens is 338 g/mol. The SMILES string of the molecule is Cc1cc(NC(=O)C(C)OC(=O)c2ccc(Cn3cncn3)cc2)no1. The van der Waals surface area contributed by atoms with Crippen LogP contribution in [-0.2, 0) is 16.1 Å². The summed E-state index contributed by atoms with van der Waals surface area (Å²) in [5, 5.41) is 10.2. The van der Waals surface area contributed by atoms with E-state index in [1.807, 2.05) is 0 Å². The number of ether oxygens (including phenoxy) is 1. The summed E-state index contributed by atoms with van der Waals surface area (Å²) in [6.45, 7) is 3.74. The molecule has 3 aromatic rings. The van der Waals surface area contributed by atoms with Crippen LogP contribution in [0, 0.1) is 6.92 Å². The molecule has 9 nitrogen and oxygen atoms in total. The number of hydrogen-bond acceptors (Lipinski definition) is 7. The van der Waals surface area contributed by atoms with Crippen molar-refractivity contribution in [1.82, 2.24) is 19.9 Å². The number of benzene rings is 1. The fourth-order valence-electron chi connectivity index (χ4n) is 2.18. The standard InChI is InChI=1S/C17H17N5O4/c1-11-7-15(21-26-11)20-16(23)12(2)25-17(24)14-5-3-13(4-6-14)8-22-10-18-9-19-22/h3-7,9-10,12H,8H2,1-2H3,(H,20,21,23). The maximum atomic E-state index is 12.2. The number of carbonyl (C=O) groups is 2. The van der Waals surface area contributed by atoms with Crippen LogP contribution in [0.2, 0.25) is 0 Å². The fraction of sp³-hybridized carbons (Fsp3) is 0.235. The third kappa shape index (κ3) is 4.32. The molecular formula is C17H17N5O4. The third-order valence-electron chi connectivity index (χ3n) is 3.53. The highest BCUT2D eigenvalue weighted by Crippen LogP contribution is 2.11. The molecule has 26 heavy (non-hydrogen) atoms. The van der Waals surface area contributed by atoms with E-state index in [1.165, 1.54) is 13.3 Å². The Balaban J connectivity index is 1.55. The lowest BCUT2D eigenvalue weighted by atomic mass is 10.1. The average molecular weight is 355 g/mol. The van der Waals surface area contributed by atoms with Gasteiger partial charge in [0.05, 0.1) is 12.1 Å². The minimum absolute atomic E-state index is 0.271. The number of carbonyl (C=O) groups excluding carboxylic acids is 2. The Kier molecular flexibility index (Phi) is 5.07. The molecule has 1 N–H and O–H groups in total. The first kappa shape index (κ1) is 17.3. The monoisotopic (exact) mass is 355 g/mol. The van der Waals surface area contributed by atoms with Crippen LogP contribution >= 0.6 is 0 Å². The Hall–Kier alpha value is -3.49. The van der Waals surface area contributed by atoms with E-state index in [1.54, 1.807) is 48.3 Å². The van der Waals surface area contributed by atoms with Crippen molar-refractivity contribution in [3.63, 3.8) is 0 Å². The van der Waals surface area contributed by atoms with Gasteiger partial charge in [0.1, 0.15) is 18.4 Å². The third-order valence-corrected chi connectivity index (χ3v) is 3.53. The van der Waals surface area contributed by atoms with Crippen molar-refractivity contribution < 1.29 is 18.8 Å². The molecule has 2 aromatic heterocycles. The van der Waals surface area contributed by atoms with Crippen LogP contribution in [0.15, 0.2) is 47.5 Å². The van der Waals surface area contributed by atoms with Crippen LogP contribution in [0.1, 0.15) is 28.6 Å². The van der Waals surface area contributed by atoms with Crippen LogP contribution in [0.3, 0.4) is 0 Å². The molecule has 1 aromatic carbocycles. The smallest absolute Gasteiger partial charge is 0.338 e. The topological polar surface area (TPSA) is 112 Å². The normalized spacial score (nSPS) is 11.8. The van der Waals surface area contributed by atoms with Crippen molar-refractivity contribution in [2.75, 3.05) is 5.32 Å². The summed E-state index contributed by atoms with van der Waals surface area (Å²) in [5.41, 5.74) is 1.31. The van der Waals surface area contributed by atoms with Gasteiger partial charge < -0.3 is 14.6 Å². The summed E-state index contributed by atoms with van der Waals surface area (Å²) < 4.78 is 11.7. The molecule has 1 atom stereocenters. The van der Waals surface area contributed by atoms with E-state index in [-0.39, 0.29) is 5.82 Å². The summed E-state index contributed by atoms with van der Waals surface area (Å²) in [6.07, 6.45) is 2.09. The Morgan fingerprint density at radius 2 is 2.08 bits per heavy atom. The van der Waals surface area contributed by atoms with Crippen LogP contribution in [0.25, 0.3) is 0 Å². The zero-order chi connectivity index (χ0) is 18.5. The molecule has 0 fully saturated rings. The van der Waals surface area contributed by atoms with Crippen molar-refractivity contribution in [3.8, 4) is 0 Å². The molecule has 0 aliphatic carbocycles. The highest BCUT2D eigenvalue weighted by atomic mass is 16.5. The van der Waals surface area contributed by atoms with Gasteiger partial charge in [0.25, 0.3) is 5.91 Å². The second kappa shape index (κ2) is 7.60. The molecule has 9 heteroatoms. The number of esters is 1. The summed E-state index contributed by atoms with van der Waals surface area (Å²) in [4.78, 5) is 28.1. The molecule has 1 amide bonds. The highest BCUT2D eigenvalue weighted by Gasteiger charge is 2.20. The Morgan fingerprint density at radius 1 is 1.31 bits per heavy atom. The first-order valence-electron chi connectivity index (χ1n) is 7.88. The van der Waals surface area contributed by atoms with Gasteiger partial charge in [-0.3, -0.25) is 4.79 Å². The number of amides is 1. The van der Waals surface area contributed by atoms with Crippen LogP contribution in [0.5, 0.6) is 0 Å². The molecule has 0 saturated carbocycles. The summed E-state index contributed by atoms with van der Waals surface area (Å²) >= 11 is 0. The van der Waals surface area contributed by atoms with Gasteiger partial charge in [0.2, 0.25) is 0 Å². The molecule has 1 unspecified atom stereocenters. The number of anilines is 1. The van der Waals surface area contributed by atoms with E-state index in [0.717, 1.165) is 5.56 Å². The molecule has 134 valence electrons. The van der Waals surface area contributed by atoms with E-state index < -0.39 is 18.0 Å². The van der Waals surface area contributed by atoms with Crippen molar-refractivity contribution in [2.24, 2.45) is 0 Å². The van der Waals surface area contributed by atoms with E-state index in [2.05, 4.69) is 20.6 Å². The predicted octanol–water partition coefficient (Wildman–Crippen LogP) is 1.81. The molecule has 0 bridgehead atoms.